The number of pyridine rings is 1. The van der Waals surface area contributed by atoms with Gasteiger partial charge >= 0.3 is 0 Å². The highest BCUT2D eigenvalue weighted by Crippen LogP contribution is 2.33. The number of hydrogen-bond acceptors (Lipinski definition) is 3. The quantitative estimate of drug-likeness (QED) is 0.838. The van der Waals surface area contributed by atoms with E-state index in [4.69, 9.17) is 9.72 Å². The SMILES string of the molecule is CC(C)c1ccc(C2CCOCC2)c(C(C)N(C)C)n1. The van der Waals surface area contributed by atoms with Crippen LogP contribution in [0.1, 0.15) is 68.4 Å². The van der Waals surface area contributed by atoms with Gasteiger partial charge in [-0.1, -0.05) is 19.9 Å². The van der Waals surface area contributed by atoms with Crippen LogP contribution in [0.4, 0.5) is 0 Å². The summed E-state index contributed by atoms with van der Waals surface area (Å²) < 4.78 is 5.50. The van der Waals surface area contributed by atoms with Gasteiger partial charge in [0.2, 0.25) is 0 Å². The van der Waals surface area contributed by atoms with Crippen LogP contribution in [0.2, 0.25) is 0 Å². The molecule has 0 aliphatic carbocycles. The van der Waals surface area contributed by atoms with Crippen LogP contribution in [0.15, 0.2) is 12.1 Å². The van der Waals surface area contributed by atoms with Gasteiger partial charge in [-0.3, -0.25) is 4.98 Å². The number of hydrogen-bond donors (Lipinski definition) is 0. The van der Waals surface area contributed by atoms with Gasteiger partial charge in [-0.15, -0.1) is 0 Å². The molecule has 1 fully saturated rings. The van der Waals surface area contributed by atoms with E-state index in [0.717, 1.165) is 26.1 Å². The van der Waals surface area contributed by atoms with Crippen LogP contribution in [0.25, 0.3) is 0 Å². The normalized spacial score (nSPS) is 18.8. The van der Waals surface area contributed by atoms with Crippen molar-refractivity contribution in [2.24, 2.45) is 0 Å². The Balaban J connectivity index is 2.38. The minimum absolute atomic E-state index is 0.353. The predicted molar refractivity (Wildman–Crippen MR) is 83.2 cm³/mol. The van der Waals surface area contributed by atoms with Crippen molar-refractivity contribution in [1.82, 2.24) is 9.88 Å². The van der Waals surface area contributed by atoms with Gasteiger partial charge in [0.1, 0.15) is 0 Å². The Morgan fingerprint density at radius 3 is 2.35 bits per heavy atom. The Bertz CT molecular complexity index is 437. The second-order valence-corrected chi connectivity index (χ2v) is 6.39. The third-order valence-electron chi connectivity index (χ3n) is 4.40. The Morgan fingerprint density at radius 2 is 1.80 bits per heavy atom. The van der Waals surface area contributed by atoms with E-state index >= 15 is 0 Å². The van der Waals surface area contributed by atoms with E-state index in [2.05, 4.69) is 51.9 Å². The molecule has 1 aliphatic heterocycles. The molecule has 112 valence electrons. The summed E-state index contributed by atoms with van der Waals surface area (Å²) in [6, 6.07) is 4.88. The average Bonchev–Trinajstić information content (AvgIpc) is 2.46. The smallest absolute Gasteiger partial charge is 0.0610 e. The van der Waals surface area contributed by atoms with Crippen molar-refractivity contribution >= 4 is 0 Å². The van der Waals surface area contributed by atoms with Crippen molar-refractivity contribution in [2.75, 3.05) is 27.3 Å². The highest BCUT2D eigenvalue weighted by molar-refractivity contribution is 5.30. The van der Waals surface area contributed by atoms with Gasteiger partial charge in [-0.05, 0) is 57.3 Å². The van der Waals surface area contributed by atoms with Crippen LogP contribution in [-0.2, 0) is 4.74 Å². The molecule has 1 aromatic heterocycles. The lowest BCUT2D eigenvalue weighted by Crippen LogP contribution is -2.23. The molecule has 1 unspecified atom stereocenters. The van der Waals surface area contributed by atoms with Crippen LogP contribution in [-0.4, -0.2) is 37.2 Å². The van der Waals surface area contributed by atoms with Crippen molar-refractivity contribution in [3.05, 3.63) is 29.1 Å². The fourth-order valence-electron chi connectivity index (χ4n) is 2.76. The zero-order valence-corrected chi connectivity index (χ0v) is 13.5. The van der Waals surface area contributed by atoms with E-state index < -0.39 is 0 Å². The molecule has 1 atom stereocenters. The van der Waals surface area contributed by atoms with Crippen LogP contribution in [0.3, 0.4) is 0 Å². The summed E-state index contributed by atoms with van der Waals surface area (Å²) in [6.07, 6.45) is 2.24. The molecular weight excluding hydrogens is 248 g/mol. The topological polar surface area (TPSA) is 25.4 Å². The Kier molecular flexibility index (Phi) is 5.17. The molecule has 20 heavy (non-hydrogen) atoms. The maximum atomic E-state index is 5.50. The summed E-state index contributed by atoms with van der Waals surface area (Å²) >= 11 is 0. The summed E-state index contributed by atoms with van der Waals surface area (Å²) in [4.78, 5) is 7.23. The van der Waals surface area contributed by atoms with Crippen molar-refractivity contribution < 1.29 is 4.74 Å². The Labute approximate surface area is 123 Å². The van der Waals surface area contributed by atoms with Crippen molar-refractivity contribution in [3.8, 4) is 0 Å². The Hall–Kier alpha value is -0.930. The number of aromatic nitrogens is 1. The second-order valence-electron chi connectivity index (χ2n) is 6.39. The summed E-state index contributed by atoms with van der Waals surface area (Å²) in [6.45, 7) is 8.43. The highest BCUT2D eigenvalue weighted by atomic mass is 16.5. The Morgan fingerprint density at radius 1 is 1.15 bits per heavy atom. The molecule has 2 rings (SSSR count). The van der Waals surface area contributed by atoms with E-state index in [1.807, 2.05) is 0 Å². The van der Waals surface area contributed by atoms with Crippen LogP contribution in [0, 0.1) is 0 Å². The number of rotatable bonds is 4. The van der Waals surface area contributed by atoms with Crippen molar-refractivity contribution in [3.63, 3.8) is 0 Å². The number of nitrogens with zero attached hydrogens (tertiary/aromatic N) is 2. The first-order valence-corrected chi connectivity index (χ1v) is 7.75. The van der Waals surface area contributed by atoms with Crippen LogP contribution >= 0.6 is 0 Å². The molecule has 1 aromatic rings. The third kappa shape index (κ3) is 3.39. The summed E-state index contributed by atoms with van der Waals surface area (Å²) in [5.41, 5.74) is 3.89. The first-order chi connectivity index (χ1) is 9.50. The molecule has 0 bridgehead atoms. The van der Waals surface area contributed by atoms with E-state index in [9.17, 15) is 0 Å². The van der Waals surface area contributed by atoms with E-state index in [1.54, 1.807) is 0 Å². The zero-order chi connectivity index (χ0) is 14.7. The fourth-order valence-corrected chi connectivity index (χ4v) is 2.76. The van der Waals surface area contributed by atoms with E-state index in [-0.39, 0.29) is 0 Å². The van der Waals surface area contributed by atoms with Gasteiger partial charge in [0.15, 0.2) is 0 Å². The monoisotopic (exact) mass is 276 g/mol. The molecule has 1 aliphatic rings. The lowest BCUT2D eigenvalue weighted by Gasteiger charge is -2.29. The fraction of sp³-hybridized carbons (Fsp3) is 0.706. The first kappa shape index (κ1) is 15.5. The molecular formula is C17H28N2O. The van der Waals surface area contributed by atoms with Crippen molar-refractivity contribution in [1.29, 1.82) is 0 Å². The minimum Gasteiger partial charge on any atom is -0.381 e. The van der Waals surface area contributed by atoms with Crippen molar-refractivity contribution in [2.45, 2.75) is 51.5 Å². The first-order valence-electron chi connectivity index (χ1n) is 7.75. The molecule has 3 heteroatoms. The van der Waals surface area contributed by atoms with Gasteiger partial charge in [0.05, 0.1) is 5.69 Å². The van der Waals surface area contributed by atoms with Gasteiger partial charge in [-0.25, -0.2) is 0 Å². The van der Waals surface area contributed by atoms with Crippen LogP contribution < -0.4 is 0 Å². The average molecular weight is 276 g/mol. The molecule has 0 radical (unpaired) electrons. The van der Waals surface area contributed by atoms with Gasteiger partial charge in [0, 0.05) is 24.9 Å². The molecule has 1 saturated heterocycles. The largest absolute Gasteiger partial charge is 0.381 e. The molecule has 3 nitrogen and oxygen atoms in total. The molecule has 0 aromatic carbocycles. The predicted octanol–water partition coefficient (Wildman–Crippen LogP) is 3.72. The minimum atomic E-state index is 0.353. The van der Waals surface area contributed by atoms with Crippen LogP contribution in [0.5, 0.6) is 0 Å². The maximum Gasteiger partial charge on any atom is 0.0610 e. The molecule has 0 N–H and O–H groups in total. The maximum absolute atomic E-state index is 5.50. The molecule has 2 heterocycles. The van der Waals surface area contributed by atoms with E-state index in [1.165, 1.54) is 17.0 Å². The summed E-state index contributed by atoms with van der Waals surface area (Å²) in [5.74, 6) is 1.08. The third-order valence-corrected chi connectivity index (χ3v) is 4.40. The summed E-state index contributed by atoms with van der Waals surface area (Å²) in [5, 5.41) is 0. The van der Waals surface area contributed by atoms with Gasteiger partial charge in [0.25, 0.3) is 0 Å². The lowest BCUT2D eigenvalue weighted by atomic mass is 9.88. The summed E-state index contributed by atoms with van der Waals surface area (Å²) in [7, 11) is 4.25. The molecule has 0 spiro atoms. The second kappa shape index (κ2) is 6.68. The van der Waals surface area contributed by atoms with Gasteiger partial charge < -0.3 is 9.64 Å². The van der Waals surface area contributed by atoms with Gasteiger partial charge in [-0.2, -0.15) is 0 Å². The van der Waals surface area contributed by atoms with E-state index in [0.29, 0.717) is 17.9 Å². The number of ether oxygens (including phenoxy) is 1. The molecule has 0 amide bonds. The lowest BCUT2D eigenvalue weighted by molar-refractivity contribution is 0.0847. The zero-order valence-electron chi connectivity index (χ0n) is 13.5. The standard InChI is InChI=1S/C17H28N2O/c1-12(2)16-7-6-15(14-8-10-20-11-9-14)17(18-16)13(3)19(4)5/h6-7,12-14H,8-11H2,1-5H3. The molecule has 0 saturated carbocycles. The highest BCUT2D eigenvalue weighted by Gasteiger charge is 2.23.